The third kappa shape index (κ3) is 1.80. The lowest BCUT2D eigenvalue weighted by Crippen LogP contribution is -2.46. The van der Waals surface area contributed by atoms with Crippen molar-refractivity contribution >= 4 is 14.5 Å². The molecular formula is C16H19AlO. The van der Waals surface area contributed by atoms with Gasteiger partial charge in [0.05, 0.1) is 0 Å². The second-order valence-electron chi connectivity index (χ2n) is 5.40. The van der Waals surface area contributed by atoms with E-state index in [1.807, 2.05) is 0 Å². The van der Waals surface area contributed by atoms with E-state index in [4.69, 9.17) is 3.79 Å². The van der Waals surface area contributed by atoms with Gasteiger partial charge in [-0.05, 0) is 36.0 Å². The third-order valence-corrected chi connectivity index (χ3v) is 6.03. The first-order valence-electron chi connectivity index (χ1n) is 6.82. The monoisotopic (exact) mass is 254 g/mol. The maximum absolute atomic E-state index is 6.58. The first-order chi connectivity index (χ1) is 8.73. The van der Waals surface area contributed by atoms with Gasteiger partial charge in [-0.15, -0.1) is 0 Å². The Labute approximate surface area is 114 Å². The van der Waals surface area contributed by atoms with Crippen LogP contribution in [0, 0.1) is 0 Å². The van der Waals surface area contributed by atoms with Crippen molar-refractivity contribution in [1.82, 2.24) is 0 Å². The lowest BCUT2D eigenvalue weighted by Gasteiger charge is -2.45. The molecule has 2 aliphatic carbocycles. The fourth-order valence-corrected chi connectivity index (χ4v) is 5.17. The molecular weight excluding hydrogens is 235 g/mol. The van der Waals surface area contributed by atoms with Gasteiger partial charge in [0.2, 0.25) is 0 Å². The Morgan fingerprint density at radius 3 is 2.28 bits per heavy atom. The van der Waals surface area contributed by atoms with Gasteiger partial charge < -0.3 is 3.79 Å². The zero-order valence-corrected chi connectivity index (χ0v) is 12.1. The number of rotatable bonds is 2. The molecule has 0 radical (unpaired) electrons. The van der Waals surface area contributed by atoms with Gasteiger partial charge in [-0.25, -0.2) is 0 Å². The van der Waals surface area contributed by atoms with Crippen LogP contribution in [0.25, 0.3) is 0 Å². The van der Waals surface area contributed by atoms with Crippen LogP contribution in [-0.2, 0) is 3.79 Å². The average Bonchev–Trinajstić information content (AvgIpc) is 3.03. The molecule has 1 nitrogen and oxygen atoms in total. The van der Waals surface area contributed by atoms with Crippen molar-refractivity contribution in [3.63, 3.8) is 0 Å². The maximum atomic E-state index is 6.58. The Bertz CT molecular complexity index is 463. The molecule has 0 bridgehead atoms. The second-order valence-corrected chi connectivity index (χ2v) is 7.83. The average molecular weight is 254 g/mol. The maximum Gasteiger partial charge on any atom is 0.458 e. The van der Waals surface area contributed by atoms with E-state index in [1.165, 1.54) is 22.0 Å². The molecule has 0 aromatic heterocycles. The van der Waals surface area contributed by atoms with E-state index in [1.54, 1.807) is 0 Å². The number of hydrogen-bond acceptors (Lipinski definition) is 1. The third-order valence-electron chi connectivity index (χ3n) is 4.18. The molecule has 1 aliphatic heterocycles. The first kappa shape index (κ1) is 12.2. The highest BCUT2D eigenvalue weighted by Crippen LogP contribution is 2.47. The molecule has 0 atom stereocenters. The quantitative estimate of drug-likeness (QED) is 0.532. The van der Waals surface area contributed by atoms with Crippen LogP contribution in [0.15, 0.2) is 59.8 Å². The predicted octanol–water partition coefficient (Wildman–Crippen LogP) is 4.10. The number of hydrogen-bond donors (Lipinski definition) is 0. The fraction of sp³-hybridized carbons (Fsp3) is 0.375. The van der Waals surface area contributed by atoms with Gasteiger partial charge >= 0.3 is 14.5 Å². The molecule has 3 aliphatic rings. The van der Waals surface area contributed by atoms with Crippen molar-refractivity contribution in [1.29, 1.82) is 0 Å². The van der Waals surface area contributed by atoms with Crippen molar-refractivity contribution in [2.75, 3.05) is 0 Å². The summed E-state index contributed by atoms with van der Waals surface area (Å²) in [6, 6.07) is 0. The molecule has 3 rings (SSSR count). The number of allylic oxidation sites excluding steroid dienone is 6. The minimum atomic E-state index is -1.07. The molecule has 0 unspecified atom stereocenters. The summed E-state index contributed by atoms with van der Waals surface area (Å²) in [5.41, 5.74) is 3.78. The molecule has 2 heteroatoms. The van der Waals surface area contributed by atoms with E-state index in [0.717, 1.165) is 19.3 Å². The smallest absolute Gasteiger partial charge is 0.458 e. The molecule has 92 valence electrons. The lowest BCUT2D eigenvalue weighted by atomic mass is 9.77. The van der Waals surface area contributed by atoms with Crippen LogP contribution in [0.4, 0.5) is 0 Å². The predicted molar refractivity (Wildman–Crippen MR) is 77.7 cm³/mol. The Kier molecular flexibility index (Phi) is 3.20. The molecule has 0 spiro atoms. The van der Waals surface area contributed by atoms with Crippen molar-refractivity contribution < 1.29 is 3.79 Å². The van der Waals surface area contributed by atoms with Crippen molar-refractivity contribution in [3.8, 4) is 0 Å². The minimum absolute atomic E-state index is 0.267. The van der Waals surface area contributed by atoms with Gasteiger partial charge in [-0.2, -0.15) is 0 Å². The summed E-state index contributed by atoms with van der Waals surface area (Å²) < 4.78 is 6.58. The van der Waals surface area contributed by atoms with Crippen LogP contribution in [0.1, 0.15) is 19.3 Å². The van der Waals surface area contributed by atoms with Crippen LogP contribution in [-0.4, -0.2) is 20.1 Å². The standard InChI is InChI=1S/C15H16O.CH3.Al/c1-3-12(2)15(16,13-8-4-5-9-13)14-10-6-7-11-14;;/h4-8,10H,1-3,9,11H2;1H3;/q-1;;+1. The highest BCUT2D eigenvalue weighted by molar-refractivity contribution is 6.50. The zero-order valence-electron chi connectivity index (χ0n) is 11.0. The van der Waals surface area contributed by atoms with E-state index in [9.17, 15) is 0 Å². The van der Waals surface area contributed by atoms with E-state index in [2.05, 4.69) is 48.8 Å². The van der Waals surface area contributed by atoms with Crippen LogP contribution in [0.2, 0.25) is 11.1 Å². The fourth-order valence-electron chi connectivity index (χ4n) is 3.23. The van der Waals surface area contributed by atoms with Gasteiger partial charge in [0.15, 0.2) is 0 Å². The summed E-state index contributed by atoms with van der Waals surface area (Å²) in [7, 11) is 0. The molecule has 0 saturated carbocycles. The Morgan fingerprint density at radius 2 is 1.78 bits per heavy atom. The molecule has 1 heterocycles. The van der Waals surface area contributed by atoms with E-state index in [-0.39, 0.29) is 5.60 Å². The van der Waals surface area contributed by atoms with Crippen LogP contribution >= 0.6 is 0 Å². The molecule has 0 aromatic rings. The van der Waals surface area contributed by atoms with E-state index >= 15 is 0 Å². The summed E-state index contributed by atoms with van der Waals surface area (Å²) in [5.74, 6) is 2.31. The topological polar surface area (TPSA) is 9.23 Å². The van der Waals surface area contributed by atoms with Crippen LogP contribution in [0.3, 0.4) is 0 Å². The zero-order chi connectivity index (χ0) is 12.6. The van der Waals surface area contributed by atoms with Crippen molar-refractivity contribution in [2.24, 2.45) is 0 Å². The Hall–Kier alpha value is -0.808. The van der Waals surface area contributed by atoms with Gasteiger partial charge in [0, 0.05) is 0 Å². The van der Waals surface area contributed by atoms with Gasteiger partial charge in [0.25, 0.3) is 0 Å². The largest absolute Gasteiger partial charge is 0.486 e. The van der Waals surface area contributed by atoms with Crippen molar-refractivity contribution in [3.05, 3.63) is 59.8 Å². The summed E-state index contributed by atoms with van der Waals surface area (Å²) in [4.78, 5) is 0. The van der Waals surface area contributed by atoms with Crippen LogP contribution < -0.4 is 0 Å². The molecule has 18 heavy (non-hydrogen) atoms. The van der Waals surface area contributed by atoms with Gasteiger partial charge in [-0.3, -0.25) is 0 Å². The molecule has 0 aromatic carbocycles. The molecule has 1 fully saturated rings. The van der Waals surface area contributed by atoms with Gasteiger partial charge in [-0.1, -0.05) is 54.1 Å². The first-order valence-corrected chi connectivity index (χ1v) is 9.26. The molecule has 0 amide bonds. The lowest BCUT2D eigenvalue weighted by molar-refractivity contribution is 0.164. The summed E-state index contributed by atoms with van der Waals surface area (Å²) in [6.45, 7) is 4.35. The van der Waals surface area contributed by atoms with Crippen molar-refractivity contribution in [2.45, 2.75) is 35.9 Å². The summed E-state index contributed by atoms with van der Waals surface area (Å²) >= 11 is -1.07. The van der Waals surface area contributed by atoms with Crippen LogP contribution in [0.5, 0.6) is 0 Å². The highest BCUT2D eigenvalue weighted by Gasteiger charge is 2.45. The SMILES string of the molecule is C=C1C[CH2][Al]([CH3])[O]C1(C1=CC=CC1)C1=CC=CC1. The Morgan fingerprint density at radius 1 is 1.17 bits per heavy atom. The normalized spacial score (nSPS) is 25.6. The second kappa shape index (κ2) is 4.70. The Balaban J connectivity index is 2.04. The van der Waals surface area contributed by atoms with E-state index < -0.39 is 14.5 Å². The molecule has 1 saturated heterocycles. The highest BCUT2D eigenvalue weighted by atomic mass is 27.2. The minimum Gasteiger partial charge on any atom is -0.486 e. The van der Waals surface area contributed by atoms with Gasteiger partial charge in [0.1, 0.15) is 5.60 Å². The summed E-state index contributed by atoms with van der Waals surface area (Å²) in [6.07, 6.45) is 16.4. The van der Waals surface area contributed by atoms with E-state index in [0.29, 0.717) is 0 Å². The summed E-state index contributed by atoms with van der Waals surface area (Å²) in [5, 5.41) is 1.22. The molecule has 0 N–H and O–H groups in total.